The Labute approximate surface area is 136 Å². The Kier molecular flexibility index (Phi) is 3.52. The van der Waals surface area contributed by atoms with Crippen LogP contribution < -0.4 is 0 Å². The van der Waals surface area contributed by atoms with Crippen LogP contribution in [0.3, 0.4) is 0 Å². The van der Waals surface area contributed by atoms with Gasteiger partial charge in [-0.2, -0.15) is 0 Å². The van der Waals surface area contributed by atoms with Crippen LogP contribution in [-0.2, 0) is 6.54 Å². The van der Waals surface area contributed by atoms with E-state index in [2.05, 4.69) is 77.8 Å². The normalized spacial score (nSPS) is 23.3. The Morgan fingerprint density at radius 2 is 2.00 bits per heavy atom. The number of aryl methyl sites for hydroxylation is 2. The van der Waals surface area contributed by atoms with E-state index in [1.807, 2.05) is 4.68 Å². The number of fused-ring (bicyclic) bond motifs is 2. The van der Waals surface area contributed by atoms with Crippen molar-refractivity contribution >= 4 is 11.0 Å². The number of rotatable bonds is 3. The Morgan fingerprint density at radius 1 is 1.17 bits per heavy atom. The lowest BCUT2D eigenvalue weighted by molar-refractivity contribution is 0.377. The van der Waals surface area contributed by atoms with Crippen LogP contribution in [0.4, 0.5) is 0 Å². The quantitative estimate of drug-likeness (QED) is 0.872. The monoisotopic (exact) mass is 306 g/mol. The fourth-order valence-corrected chi connectivity index (χ4v) is 3.53. The maximum atomic E-state index is 4.29. The van der Waals surface area contributed by atoms with Crippen molar-refractivity contribution < 1.29 is 0 Å². The third kappa shape index (κ3) is 2.58. The van der Waals surface area contributed by atoms with Gasteiger partial charge in [0.05, 0.1) is 18.1 Å². The molecule has 4 rings (SSSR count). The number of allylic oxidation sites excluding steroid dienone is 3. The summed E-state index contributed by atoms with van der Waals surface area (Å²) in [5, 5.41) is 8.58. The van der Waals surface area contributed by atoms with Crippen molar-refractivity contribution in [2.75, 3.05) is 6.54 Å². The maximum absolute atomic E-state index is 4.29. The summed E-state index contributed by atoms with van der Waals surface area (Å²) in [6.07, 6.45) is 14.6. The van der Waals surface area contributed by atoms with Gasteiger partial charge in [0.25, 0.3) is 0 Å². The van der Waals surface area contributed by atoms with Crippen LogP contribution in [0.2, 0.25) is 0 Å². The lowest BCUT2D eigenvalue weighted by Gasteiger charge is -2.24. The summed E-state index contributed by atoms with van der Waals surface area (Å²) >= 11 is 0. The third-order valence-corrected chi connectivity index (χ3v) is 5.02. The van der Waals surface area contributed by atoms with Gasteiger partial charge in [0.2, 0.25) is 0 Å². The second kappa shape index (κ2) is 5.69. The molecule has 2 unspecified atom stereocenters. The van der Waals surface area contributed by atoms with Crippen LogP contribution in [0.25, 0.3) is 11.0 Å². The molecule has 2 heterocycles. The highest BCUT2D eigenvalue weighted by Crippen LogP contribution is 2.29. The van der Waals surface area contributed by atoms with Crippen LogP contribution >= 0.6 is 0 Å². The first-order valence-electron chi connectivity index (χ1n) is 8.30. The van der Waals surface area contributed by atoms with Crippen LogP contribution in [-0.4, -0.2) is 32.5 Å². The van der Waals surface area contributed by atoms with Crippen molar-refractivity contribution in [1.82, 2.24) is 19.9 Å². The van der Waals surface area contributed by atoms with Gasteiger partial charge in [0.1, 0.15) is 5.52 Å². The molecule has 2 aliphatic rings. The van der Waals surface area contributed by atoms with Gasteiger partial charge in [-0.3, -0.25) is 0 Å². The van der Waals surface area contributed by atoms with Crippen molar-refractivity contribution in [3.63, 3.8) is 0 Å². The molecule has 1 aliphatic carbocycles. The first kappa shape index (κ1) is 14.2. The highest BCUT2D eigenvalue weighted by molar-refractivity contribution is 5.76. The van der Waals surface area contributed by atoms with Crippen molar-refractivity contribution in [2.45, 2.75) is 32.9 Å². The number of nitrogens with zero attached hydrogens (tertiary/aromatic N) is 4. The van der Waals surface area contributed by atoms with E-state index in [9.17, 15) is 0 Å². The average Bonchev–Trinajstić information content (AvgIpc) is 3.13. The molecule has 23 heavy (non-hydrogen) atoms. The number of hydrogen-bond acceptors (Lipinski definition) is 3. The van der Waals surface area contributed by atoms with Crippen LogP contribution in [0.1, 0.15) is 17.5 Å². The van der Waals surface area contributed by atoms with Crippen molar-refractivity contribution in [3.05, 3.63) is 59.8 Å². The molecule has 1 saturated heterocycles. The van der Waals surface area contributed by atoms with E-state index in [-0.39, 0.29) is 0 Å². The van der Waals surface area contributed by atoms with E-state index in [1.165, 1.54) is 17.5 Å². The Hall–Kier alpha value is -2.36. The molecule has 0 amide bonds. The summed E-state index contributed by atoms with van der Waals surface area (Å²) in [5.41, 5.74) is 4.63. The van der Waals surface area contributed by atoms with Crippen LogP contribution in [0.15, 0.2) is 48.7 Å². The number of aromatic nitrogens is 3. The van der Waals surface area contributed by atoms with Gasteiger partial charge < -0.3 is 4.90 Å². The molecule has 2 aromatic rings. The molecule has 0 saturated carbocycles. The largest absolute Gasteiger partial charge is 0.371 e. The van der Waals surface area contributed by atoms with Crippen molar-refractivity contribution in [1.29, 1.82) is 0 Å². The highest BCUT2D eigenvalue weighted by Gasteiger charge is 2.29. The van der Waals surface area contributed by atoms with Gasteiger partial charge in [-0.1, -0.05) is 29.5 Å². The fourth-order valence-electron chi connectivity index (χ4n) is 3.53. The molecule has 0 bridgehead atoms. The minimum absolute atomic E-state index is 0.522. The van der Waals surface area contributed by atoms with E-state index in [1.54, 1.807) is 0 Å². The second-order valence-corrected chi connectivity index (χ2v) is 6.53. The van der Waals surface area contributed by atoms with E-state index in [0.29, 0.717) is 12.0 Å². The summed E-state index contributed by atoms with van der Waals surface area (Å²) in [4.78, 5) is 2.43. The van der Waals surface area contributed by atoms with Gasteiger partial charge in [-0.05, 0) is 55.8 Å². The summed E-state index contributed by atoms with van der Waals surface area (Å²) < 4.78 is 1.97. The zero-order valence-electron chi connectivity index (χ0n) is 13.7. The van der Waals surface area contributed by atoms with E-state index < -0.39 is 0 Å². The molecule has 4 heteroatoms. The minimum Gasteiger partial charge on any atom is -0.371 e. The molecule has 1 aliphatic heterocycles. The van der Waals surface area contributed by atoms with Gasteiger partial charge in [0, 0.05) is 12.5 Å². The first-order chi connectivity index (χ1) is 11.2. The van der Waals surface area contributed by atoms with E-state index in [4.69, 9.17) is 0 Å². The van der Waals surface area contributed by atoms with E-state index >= 15 is 0 Å². The fraction of sp³-hybridized carbons (Fsp3) is 0.368. The van der Waals surface area contributed by atoms with Gasteiger partial charge >= 0.3 is 0 Å². The Morgan fingerprint density at radius 3 is 2.91 bits per heavy atom. The molecule has 0 N–H and O–H groups in total. The molecule has 0 radical (unpaired) electrons. The maximum Gasteiger partial charge on any atom is 0.113 e. The molecular weight excluding hydrogens is 284 g/mol. The highest BCUT2D eigenvalue weighted by atomic mass is 15.4. The predicted molar refractivity (Wildman–Crippen MR) is 93.0 cm³/mol. The SMILES string of the molecule is Cc1cc2nnn(C/C=C/N3CCC4C=CC=CC43)c2cc1C. The number of likely N-dealkylation sites (tertiary alicyclic amines) is 1. The Bertz CT molecular complexity index is 812. The van der Waals surface area contributed by atoms with E-state index in [0.717, 1.165) is 24.1 Å². The number of hydrogen-bond donors (Lipinski definition) is 0. The van der Waals surface area contributed by atoms with Crippen LogP contribution in [0.5, 0.6) is 0 Å². The topological polar surface area (TPSA) is 34.0 Å². The zero-order valence-corrected chi connectivity index (χ0v) is 13.7. The Balaban J connectivity index is 1.50. The molecule has 118 valence electrons. The third-order valence-electron chi connectivity index (χ3n) is 5.02. The van der Waals surface area contributed by atoms with Gasteiger partial charge in [-0.15, -0.1) is 5.10 Å². The first-order valence-corrected chi connectivity index (χ1v) is 8.30. The summed E-state index contributed by atoms with van der Waals surface area (Å²) in [6.45, 7) is 6.13. The molecule has 4 nitrogen and oxygen atoms in total. The standard InChI is InChI=1S/C19H22N4/c1-14-12-17-19(13-15(14)2)23(21-20-17)10-5-9-22-11-8-16-6-3-4-7-18(16)22/h3-7,9,12-13,16,18H,8,10-11H2,1-2H3/b9-5+. The zero-order chi connectivity index (χ0) is 15.8. The predicted octanol–water partition coefficient (Wildman–Crippen LogP) is 3.38. The lowest BCUT2D eigenvalue weighted by atomic mass is 9.96. The minimum atomic E-state index is 0.522. The summed E-state index contributed by atoms with van der Waals surface area (Å²) in [6, 6.07) is 4.81. The number of benzene rings is 1. The van der Waals surface area contributed by atoms with Crippen LogP contribution in [0, 0.1) is 19.8 Å². The molecular formula is C19H22N4. The summed E-state index contributed by atoms with van der Waals surface area (Å²) in [5.74, 6) is 0.669. The average molecular weight is 306 g/mol. The second-order valence-electron chi connectivity index (χ2n) is 6.53. The van der Waals surface area contributed by atoms with Gasteiger partial charge in [-0.25, -0.2) is 4.68 Å². The molecule has 0 spiro atoms. The smallest absolute Gasteiger partial charge is 0.113 e. The summed E-state index contributed by atoms with van der Waals surface area (Å²) in [7, 11) is 0. The lowest BCUT2D eigenvalue weighted by Crippen LogP contribution is -2.26. The molecule has 1 aromatic heterocycles. The molecule has 1 fully saturated rings. The van der Waals surface area contributed by atoms with Gasteiger partial charge in [0.15, 0.2) is 0 Å². The molecule has 1 aromatic carbocycles. The van der Waals surface area contributed by atoms with Crippen molar-refractivity contribution in [3.8, 4) is 0 Å². The molecule has 2 atom stereocenters. The van der Waals surface area contributed by atoms with Crippen molar-refractivity contribution in [2.24, 2.45) is 5.92 Å².